The number of aryl methyl sites for hydroxylation is 1. The first kappa shape index (κ1) is 17.3. The van der Waals surface area contributed by atoms with Gasteiger partial charge in [0.25, 0.3) is 5.91 Å². The predicted molar refractivity (Wildman–Crippen MR) is 112 cm³/mol. The van der Waals surface area contributed by atoms with E-state index >= 15 is 0 Å². The molecule has 27 heavy (non-hydrogen) atoms. The summed E-state index contributed by atoms with van der Waals surface area (Å²) in [6.07, 6.45) is 1.65. The van der Waals surface area contributed by atoms with E-state index < -0.39 is 0 Å². The second-order valence-corrected chi connectivity index (χ2v) is 6.62. The van der Waals surface area contributed by atoms with E-state index in [0.717, 1.165) is 12.1 Å². The van der Waals surface area contributed by atoms with Gasteiger partial charge < -0.3 is 4.57 Å². The zero-order chi connectivity index (χ0) is 18.8. The third-order valence-corrected chi connectivity index (χ3v) is 4.94. The van der Waals surface area contributed by atoms with E-state index in [1.807, 2.05) is 12.1 Å². The number of hydrogen-bond donors (Lipinski definition) is 1. The Bertz CT molecular complexity index is 1180. The molecule has 0 aliphatic heterocycles. The van der Waals surface area contributed by atoms with Gasteiger partial charge in [-0.05, 0) is 42.8 Å². The number of halogens is 1. The number of nitrogens with one attached hydrogen (secondary N) is 1. The largest absolute Gasteiger partial charge is 0.341 e. The topological polar surface area (TPSA) is 46.4 Å². The Morgan fingerprint density at radius 2 is 1.78 bits per heavy atom. The molecule has 0 saturated carbocycles. The minimum absolute atomic E-state index is 0.333. The number of nitrogens with zero attached hydrogens (tertiary/aromatic N) is 2. The molecule has 1 heterocycles. The van der Waals surface area contributed by atoms with Crippen LogP contribution < -0.4 is 5.43 Å². The number of carbonyl (C=O) groups is 1. The van der Waals surface area contributed by atoms with Crippen molar-refractivity contribution in [3.8, 4) is 0 Å². The summed E-state index contributed by atoms with van der Waals surface area (Å²) >= 11 is 6.04. The van der Waals surface area contributed by atoms with Gasteiger partial charge in [0.05, 0.1) is 16.8 Å². The lowest BCUT2D eigenvalue weighted by Crippen LogP contribution is -2.17. The van der Waals surface area contributed by atoms with Crippen molar-refractivity contribution in [2.75, 3.05) is 0 Å². The SMILES string of the molecule is CCn1c2ccccc2c2cc(/C=N/NC(=O)c3ccccc3Cl)ccc21. The normalized spacial score (nSPS) is 11.5. The average molecular weight is 376 g/mol. The number of para-hydroxylation sites is 1. The minimum atomic E-state index is -0.333. The Balaban J connectivity index is 1.63. The number of aromatic nitrogens is 1. The molecule has 0 aliphatic rings. The maximum atomic E-state index is 12.2. The van der Waals surface area contributed by atoms with Crippen LogP contribution in [0.2, 0.25) is 5.02 Å². The van der Waals surface area contributed by atoms with Gasteiger partial charge in [0.2, 0.25) is 0 Å². The molecule has 0 aliphatic carbocycles. The van der Waals surface area contributed by atoms with Crippen molar-refractivity contribution in [3.63, 3.8) is 0 Å². The van der Waals surface area contributed by atoms with Crippen molar-refractivity contribution in [1.82, 2.24) is 9.99 Å². The van der Waals surface area contributed by atoms with E-state index in [-0.39, 0.29) is 5.91 Å². The van der Waals surface area contributed by atoms with Crippen molar-refractivity contribution in [3.05, 3.63) is 82.9 Å². The van der Waals surface area contributed by atoms with Crippen LogP contribution in [0.15, 0.2) is 71.8 Å². The summed E-state index contributed by atoms with van der Waals surface area (Å²) in [5.74, 6) is -0.333. The van der Waals surface area contributed by atoms with Crippen LogP contribution >= 0.6 is 11.6 Å². The first-order chi connectivity index (χ1) is 13.2. The molecule has 4 rings (SSSR count). The molecule has 1 amide bonds. The van der Waals surface area contributed by atoms with Crippen LogP contribution in [0.5, 0.6) is 0 Å². The highest BCUT2D eigenvalue weighted by Crippen LogP contribution is 2.29. The fourth-order valence-electron chi connectivity index (χ4n) is 3.36. The Kier molecular flexibility index (Phi) is 4.65. The first-order valence-electron chi connectivity index (χ1n) is 8.78. The zero-order valence-electron chi connectivity index (χ0n) is 14.8. The van der Waals surface area contributed by atoms with Gasteiger partial charge in [-0.2, -0.15) is 5.10 Å². The molecule has 1 aromatic heterocycles. The van der Waals surface area contributed by atoms with Gasteiger partial charge in [-0.3, -0.25) is 4.79 Å². The summed E-state index contributed by atoms with van der Waals surface area (Å²) in [5.41, 5.74) is 6.26. The first-order valence-corrected chi connectivity index (χ1v) is 9.15. The van der Waals surface area contributed by atoms with E-state index in [0.29, 0.717) is 10.6 Å². The van der Waals surface area contributed by atoms with Crippen LogP contribution in [0.1, 0.15) is 22.8 Å². The van der Waals surface area contributed by atoms with Crippen molar-refractivity contribution in [1.29, 1.82) is 0 Å². The summed E-state index contributed by atoms with van der Waals surface area (Å²) in [5, 5.41) is 6.87. The maximum Gasteiger partial charge on any atom is 0.272 e. The Labute approximate surface area is 162 Å². The van der Waals surface area contributed by atoms with Crippen LogP contribution in [0, 0.1) is 0 Å². The van der Waals surface area contributed by atoms with Gasteiger partial charge in [-0.25, -0.2) is 5.43 Å². The number of hydrogen-bond acceptors (Lipinski definition) is 2. The lowest BCUT2D eigenvalue weighted by Gasteiger charge is -2.03. The number of rotatable bonds is 4. The van der Waals surface area contributed by atoms with Gasteiger partial charge in [0.1, 0.15) is 0 Å². The molecule has 0 saturated heterocycles. The standard InChI is InChI=1S/C22H18ClN3O/c1-2-26-20-10-6-4-7-16(20)18-13-15(11-12-21(18)26)14-24-25-22(27)17-8-3-5-9-19(17)23/h3-14H,2H2,1H3,(H,25,27)/b24-14+. The lowest BCUT2D eigenvalue weighted by molar-refractivity contribution is 0.0955. The van der Waals surface area contributed by atoms with Crippen LogP contribution in [-0.2, 0) is 6.54 Å². The Hall–Kier alpha value is -3.11. The maximum absolute atomic E-state index is 12.2. The van der Waals surface area contributed by atoms with Crippen molar-refractivity contribution in [2.24, 2.45) is 5.10 Å². The van der Waals surface area contributed by atoms with E-state index in [4.69, 9.17) is 11.6 Å². The van der Waals surface area contributed by atoms with E-state index in [1.54, 1.807) is 30.5 Å². The van der Waals surface area contributed by atoms with E-state index in [9.17, 15) is 4.79 Å². The monoisotopic (exact) mass is 375 g/mol. The third kappa shape index (κ3) is 3.20. The second-order valence-electron chi connectivity index (χ2n) is 6.22. The quantitative estimate of drug-likeness (QED) is 0.385. The summed E-state index contributed by atoms with van der Waals surface area (Å²) < 4.78 is 2.30. The lowest BCUT2D eigenvalue weighted by atomic mass is 10.1. The molecule has 0 spiro atoms. The van der Waals surface area contributed by atoms with Gasteiger partial charge >= 0.3 is 0 Å². The van der Waals surface area contributed by atoms with Crippen LogP contribution in [0.3, 0.4) is 0 Å². The molecule has 0 unspecified atom stereocenters. The van der Waals surface area contributed by atoms with Gasteiger partial charge in [-0.1, -0.05) is 48.0 Å². The number of benzene rings is 3. The van der Waals surface area contributed by atoms with Crippen molar-refractivity contribution in [2.45, 2.75) is 13.5 Å². The Morgan fingerprint density at radius 3 is 2.59 bits per heavy atom. The number of fused-ring (bicyclic) bond motifs is 3. The van der Waals surface area contributed by atoms with E-state index in [2.05, 4.69) is 52.3 Å². The molecule has 3 aromatic carbocycles. The molecular weight excluding hydrogens is 358 g/mol. The van der Waals surface area contributed by atoms with E-state index in [1.165, 1.54) is 21.8 Å². The third-order valence-electron chi connectivity index (χ3n) is 4.61. The molecule has 0 radical (unpaired) electrons. The van der Waals surface area contributed by atoms with Gasteiger partial charge in [-0.15, -0.1) is 0 Å². The molecule has 0 fully saturated rings. The molecule has 4 aromatic rings. The fourth-order valence-corrected chi connectivity index (χ4v) is 3.58. The van der Waals surface area contributed by atoms with Gasteiger partial charge in [0, 0.05) is 28.4 Å². The summed E-state index contributed by atoms with van der Waals surface area (Å²) in [4.78, 5) is 12.2. The van der Waals surface area contributed by atoms with Gasteiger partial charge in [0.15, 0.2) is 0 Å². The smallest absolute Gasteiger partial charge is 0.272 e. The average Bonchev–Trinajstić information content (AvgIpc) is 3.01. The number of amides is 1. The molecule has 0 atom stereocenters. The van der Waals surface area contributed by atoms with Crippen molar-refractivity contribution >= 4 is 45.5 Å². The highest BCUT2D eigenvalue weighted by atomic mass is 35.5. The summed E-state index contributed by atoms with van der Waals surface area (Å²) in [7, 11) is 0. The second kappa shape index (κ2) is 7.25. The highest BCUT2D eigenvalue weighted by Gasteiger charge is 2.10. The molecular formula is C22H18ClN3O. The number of hydrazone groups is 1. The molecule has 1 N–H and O–H groups in total. The molecule has 4 nitrogen and oxygen atoms in total. The van der Waals surface area contributed by atoms with Crippen LogP contribution in [0.4, 0.5) is 0 Å². The Morgan fingerprint density at radius 1 is 1.04 bits per heavy atom. The zero-order valence-corrected chi connectivity index (χ0v) is 15.6. The summed E-state index contributed by atoms with van der Waals surface area (Å²) in [6, 6.07) is 21.4. The van der Waals surface area contributed by atoms with Crippen LogP contribution in [-0.4, -0.2) is 16.7 Å². The molecule has 5 heteroatoms. The van der Waals surface area contributed by atoms with Crippen molar-refractivity contribution < 1.29 is 4.79 Å². The predicted octanol–water partition coefficient (Wildman–Crippen LogP) is 5.23. The number of carbonyl (C=O) groups excluding carboxylic acids is 1. The molecule has 0 bridgehead atoms. The fraction of sp³-hybridized carbons (Fsp3) is 0.0909. The molecule has 134 valence electrons. The minimum Gasteiger partial charge on any atom is -0.341 e. The van der Waals surface area contributed by atoms with Crippen LogP contribution in [0.25, 0.3) is 21.8 Å². The highest BCUT2D eigenvalue weighted by molar-refractivity contribution is 6.33. The summed E-state index contributed by atoms with van der Waals surface area (Å²) in [6.45, 7) is 3.05.